The van der Waals surface area contributed by atoms with Gasteiger partial charge in [-0.2, -0.15) is 0 Å². The SMILES string of the molecule is Cc1cccc(N2CCN(C[C@H]3C(=O)O[C@@H]4CC5=CCC[C@H](C)[C@@]5(C)[C@H](O)[C@@H]43)CC2)c1. The fourth-order valence-electron chi connectivity index (χ4n) is 6.57. The predicted octanol–water partition coefficient (Wildman–Crippen LogP) is 3.40. The zero-order chi connectivity index (χ0) is 21.8. The van der Waals surface area contributed by atoms with Crippen molar-refractivity contribution in [2.24, 2.45) is 23.2 Å². The summed E-state index contributed by atoms with van der Waals surface area (Å²) in [6, 6.07) is 8.67. The summed E-state index contributed by atoms with van der Waals surface area (Å²) >= 11 is 0. The van der Waals surface area contributed by atoms with Crippen molar-refractivity contribution in [1.29, 1.82) is 0 Å². The minimum atomic E-state index is -0.516. The Morgan fingerprint density at radius 1 is 1.23 bits per heavy atom. The Morgan fingerprint density at radius 2 is 2.00 bits per heavy atom. The highest BCUT2D eigenvalue weighted by Gasteiger charge is 2.59. The number of aryl methyl sites for hydroxylation is 1. The third kappa shape index (κ3) is 3.50. The van der Waals surface area contributed by atoms with Crippen molar-refractivity contribution >= 4 is 11.7 Å². The molecule has 0 amide bonds. The molecule has 31 heavy (non-hydrogen) atoms. The Balaban J connectivity index is 1.28. The minimum absolute atomic E-state index is 0.0926. The van der Waals surface area contributed by atoms with Crippen LogP contribution in [0.4, 0.5) is 5.69 Å². The number of carbonyl (C=O) groups excluding carboxylic acids is 1. The van der Waals surface area contributed by atoms with Crippen LogP contribution in [0.25, 0.3) is 0 Å². The summed E-state index contributed by atoms with van der Waals surface area (Å²) in [5.74, 6) is 0.00589. The third-order valence-electron chi connectivity index (χ3n) is 8.76. The molecule has 4 aliphatic rings. The van der Waals surface area contributed by atoms with Crippen LogP contribution in [0.2, 0.25) is 0 Å². The van der Waals surface area contributed by atoms with Crippen molar-refractivity contribution in [3.8, 4) is 0 Å². The molecule has 2 saturated heterocycles. The summed E-state index contributed by atoms with van der Waals surface area (Å²) in [7, 11) is 0. The van der Waals surface area contributed by atoms with Gasteiger partial charge in [0.1, 0.15) is 6.10 Å². The van der Waals surface area contributed by atoms with E-state index in [1.165, 1.54) is 16.8 Å². The van der Waals surface area contributed by atoms with E-state index < -0.39 is 6.10 Å². The van der Waals surface area contributed by atoms with Gasteiger partial charge in [-0.25, -0.2) is 0 Å². The lowest BCUT2D eigenvalue weighted by Gasteiger charge is -2.52. The largest absolute Gasteiger partial charge is 0.461 e. The maximum Gasteiger partial charge on any atom is 0.311 e. The lowest BCUT2D eigenvalue weighted by atomic mass is 9.55. The number of allylic oxidation sites excluding steroid dienone is 1. The van der Waals surface area contributed by atoms with Gasteiger partial charge in [-0.3, -0.25) is 9.69 Å². The molecule has 0 spiro atoms. The zero-order valence-electron chi connectivity index (χ0n) is 19.1. The van der Waals surface area contributed by atoms with Crippen molar-refractivity contribution in [2.75, 3.05) is 37.6 Å². The van der Waals surface area contributed by atoms with Gasteiger partial charge in [0.2, 0.25) is 0 Å². The number of fused-ring (bicyclic) bond motifs is 2. The predicted molar refractivity (Wildman–Crippen MR) is 122 cm³/mol. The first kappa shape index (κ1) is 21.0. The van der Waals surface area contributed by atoms with Crippen LogP contribution >= 0.6 is 0 Å². The van der Waals surface area contributed by atoms with E-state index in [0.717, 1.165) is 45.4 Å². The van der Waals surface area contributed by atoms with E-state index in [1.807, 2.05) is 0 Å². The van der Waals surface area contributed by atoms with Crippen LogP contribution in [0.5, 0.6) is 0 Å². The highest BCUT2D eigenvalue weighted by atomic mass is 16.6. The van der Waals surface area contributed by atoms with Gasteiger partial charge in [-0.15, -0.1) is 0 Å². The maximum absolute atomic E-state index is 12.9. The summed E-state index contributed by atoms with van der Waals surface area (Å²) in [6.07, 6.45) is 4.59. The second kappa shape index (κ2) is 7.93. The Kier molecular flexibility index (Phi) is 5.38. The maximum atomic E-state index is 12.9. The molecular formula is C26H36N2O3. The molecule has 0 aromatic heterocycles. The Bertz CT molecular complexity index is 875. The molecule has 2 aliphatic heterocycles. The number of hydrogen-bond donors (Lipinski definition) is 1. The van der Waals surface area contributed by atoms with Crippen LogP contribution in [0, 0.1) is 30.1 Å². The Labute approximate surface area is 186 Å². The summed E-state index contributed by atoms with van der Waals surface area (Å²) in [4.78, 5) is 17.7. The van der Waals surface area contributed by atoms with Crippen molar-refractivity contribution in [3.63, 3.8) is 0 Å². The fraction of sp³-hybridized carbons (Fsp3) is 0.654. The second-order valence-corrected chi connectivity index (χ2v) is 10.4. The Hall–Kier alpha value is -1.85. The smallest absolute Gasteiger partial charge is 0.311 e. The van der Waals surface area contributed by atoms with Gasteiger partial charge in [-0.1, -0.05) is 37.6 Å². The van der Waals surface area contributed by atoms with Gasteiger partial charge in [0.05, 0.1) is 12.0 Å². The summed E-state index contributed by atoms with van der Waals surface area (Å²) in [6.45, 7) is 11.1. The summed E-state index contributed by atoms with van der Waals surface area (Å²) < 4.78 is 5.85. The van der Waals surface area contributed by atoms with E-state index in [2.05, 4.69) is 60.9 Å². The van der Waals surface area contributed by atoms with Crippen LogP contribution in [0.1, 0.15) is 38.7 Å². The molecule has 0 bridgehead atoms. The normalized spacial score (nSPS) is 38.3. The number of hydrogen-bond acceptors (Lipinski definition) is 5. The number of rotatable bonds is 3. The van der Waals surface area contributed by atoms with Crippen LogP contribution in [0.3, 0.4) is 0 Å². The molecule has 2 aliphatic carbocycles. The van der Waals surface area contributed by atoms with E-state index in [0.29, 0.717) is 12.5 Å². The highest BCUT2D eigenvalue weighted by Crippen LogP contribution is 2.56. The lowest BCUT2D eigenvalue weighted by molar-refractivity contribution is -0.145. The zero-order valence-corrected chi connectivity index (χ0v) is 19.1. The number of anilines is 1. The average molecular weight is 425 g/mol. The molecule has 0 unspecified atom stereocenters. The van der Waals surface area contributed by atoms with Crippen LogP contribution in [-0.4, -0.2) is 60.9 Å². The molecular weight excluding hydrogens is 388 g/mol. The molecule has 1 aromatic carbocycles. The highest BCUT2D eigenvalue weighted by molar-refractivity contribution is 5.76. The standard InChI is InChI=1S/C26H36N2O3/c1-17-6-4-9-20(14-17)28-12-10-27(11-13-28)16-21-23-22(31-25(21)30)15-19-8-5-7-18(2)26(19,3)24(23)29/h4,6,8-9,14,18,21-24,29H,5,7,10-13,15-16H2,1-3H3/t18-,21+,22+,23+,24+,26+/m0/s1. The molecule has 6 atom stereocenters. The molecule has 1 N–H and O–H groups in total. The number of esters is 1. The summed E-state index contributed by atoms with van der Waals surface area (Å²) in [5.41, 5.74) is 3.64. The van der Waals surface area contributed by atoms with Crippen molar-refractivity contribution in [1.82, 2.24) is 4.90 Å². The van der Waals surface area contributed by atoms with Gasteiger partial charge < -0.3 is 14.7 Å². The topological polar surface area (TPSA) is 53.0 Å². The van der Waals surface area contributed by atoms with E-state index in [9.17, 15) is 9.90 Å². The molecule has 5 rings (SSSR count). The average Bonchev–Trinajstić information content (AvgIpc) is 3.06. The lowest BCUT2D eigenvalue weighted by Crippen LogP contribution is -2.55. The first-order chi connectivity index (χ1) is 14.9. The number of carbonyl (C=O) groups is 1. The van der Waals surface area contributed by atoms with Crippen molar-refractivity contribution in [3.05, 3.63) is 41.5 Å². The number of aliphatic hydroxyl groups excluding tert-OH is 1. The van der Waals surface area contributed by atoms with E-state index in [-0.39, 0.29) is 29.3 Å². The summed E-state index contributed by atoms with van der Waals surface area (Å²) in [5, 5.41) is 11.5. The van der Waals surface area contributed by atoms with Crippen LogP contribution < -0.4 is 4.90 Å². The minimum Gasteiger partial charge on any atom is -0.461 e. The third-order valence-corrected chi connectivity index (χ3v) is 8.76. The van der Waals surface area contributed by atoms with Gasteiger partial charge >= 0.3 is 5.97 Å². The number of nitrogens with zero attached hydrogens (tertiary/aromatic N) is 2. The molecule has 2 heterocycles. The molecule has 1 saturated carbocycles. The number of aliphatic hydroxyl groups is 1. The molecule has 5 nitrogen and oxygen atoms in total. The van der Waals surface area contributed by atoms with Gasteiger partial charge in [0.15, 0.2) is 0 Å². The Morgan fingerprint density at radius 3 is 2.74 bits per heavy atom. The molecule has 1 aromatic rings. The molecule has 3 fully saturated rings. The monoisotopic (exact) mass is 424 g/mol. The number of benzene rings is 1. The van der Waals surface area contributed by atoms with E-state index >= 15 is 0 Å². The second-order valence-electron chi connectivity index (χ2n) is 10.4. The van der Waals surface area contributed by atoms with Crippen molar-refractivity contribution in [2.45, 2.75) is 52.2 Å². The number of ether oxygens (including phenoxy) is 1. The van der Waals surface area contributed by atoms with Gasteiger partial charge in [0.25, 0.3) is 0 Å². The first-order valence-electron chi connectivity index (χ1n) is 12.0. The quantitative estimate of drug-likeness (QED) is 0.595. The number of piperazine rings is 1. The molecule has 168 valence electrons. The van der Waals surface area contributed by atoms with Gasteiger partial charge in [-0.05, 0) is 43.4 Å². The van der Waals surface area contributed by atoms with Crippen molar-refractivity contribution < 1.29 is 14.6 Å². The van der Waals surface area contributed by atoms with E-state index in [1.54, 1.807) is 0 Å². The molecule has 5 heteroatoms. The molecule has 0 radical (unpaired) electrons. The first-order valence-corrected chi connectivity index (χ1v) is 12.0. The van der Waals surface area contributed by atoms with Crippen LogP contribution in [-0.2, 0) is 9.53 Å². The van der Waals surface area contributed by atoms with Crippen LogP contribution in [0.15, 0.2) is 35.9 Å². The fourth-order valence-corrected chi connectivity index (χ4v) is 6.57. The van der Waals surface area contributed by atoms with Gasteiger partial charge in [0, 0.05) is 56.2 Å². The van der Waals surface area contributed by atoms with E-state index in [4.69, 9.17) is 4.74 Å².